The van der Waals surface area contributed by atoms with E-state index in [9.17, 15) is 4.79 Å². The molecule has 28 heavy (non-hydrogen) atoms. The van der Waals surface area contributed by atoms with Crippen LogP contribution in [0.4, 0.5) is 0 Å². The van der Waals surface area contributed by atoms with Crippen LogP contribution in [0.15, 0.2) is 48.8 Å². The molecule has 0 bridgehead atoms. The number of imidazole rings is 1. The number of hydrogen-bond donors (Lipinski definition) is 1. The summed E-state index contributed by atoms with van der Waals surface area (Å²) in [5, 5.41) is 9.14. The van der Waals surface area contributed by atoms with Crippen molar-refractivity contribution in [3.8, 4) is 0 Å². The molecule has 0 saturated heterocycles. The van der Waals surface area contributed by atoms with Crippen LogP contribution < -0.4 is 0 Å². The number of amides is 1. The van der Waals surface area contributed by atoms with Crippen LogP contribution in [-0.2, 0) is 19.5 Å². The lowest BCUT2D eigenvalue weighted by Crippen LogP contribution is -2.46. The van der Waals surface area contributed by atoms with Crippen LogP contribution in [-0.4, -0.2) is 63.7 Å². The molecule has 4 rings (SSSR count). The minimum atomic E-state index is 0.00543. The highest BCUT2D eigenvalue weighted by Crippen LogP contribution is 2.23. The van der Waals surface area contributed by atoms with E-state index in [1.165, 1.54) is 11.1 Å². The summed E-state index contributed by atoms with van der Waals surface area (Å²) in [6.45, 7) is 2.16. The van der Waals surface area contributed by atoms with Gasteiger partial charge in [-0.25, -0.2) is 4.98 Å². The maximum atomic E-state index is 13.0. The van der Waals surface area contributed by atoms with Crippen molar-refractivity contribution in [2.45, 2.75) is 25.6 Å². The maximum Gasteiger partial charge on any atom is 0.253 e. The van der Waals surface area contributed by atoms with Crippen LogP contribution in [0.3, 0.4) is 0 Å². The summed E-state index contributed by atoms with van der Waals surface area (Å²) in [6, 6.07) is 14.4. The SMILES string of the molecule is CN(C[C@H]1Cc2ccccc2CN1C)C(=O)c1ccc2c(c1)ncn2CCO. The van der Waals surface area contributed by atoms with Crippen molar-refractivity contribution in [2.24, 2.45) is 0 Å². The molecule has 1 aromatic heterocycles. The van der Waals surface area contributed by atoms with Crippen LogP contribution in [0.5, 0.6) is 0 Å². The average molecular weight is 378 g/mol. The summed E-state index contributed by atoms with van der Waals surface area (Å²) in [6.07, 6.45) is 2.65. The Morgan fingerprint density at radius 3 is 2.82 bits per heavy atom. The van der Waals surface area contributed by atoms with E-state index < -0.39 is 0 Å². The number of likely N-dealkylation sites (N-methyl/N-ethyl adjacent to an activating group) is 2. The Balaban J connectivity index is 1.48. The lowest BCUT2D eigenvalue weighted by atomic mass is 9.94. The third kappa shape index (κ3) is 3.53. The third-order valence-corrected chi connectivity index (χ3v) is 5.66. The van der Waals surface area contributed by atoms with E-state index in [2.05, 4.69) is 41.2 Å². The smallest absolute Gasteiger partial charge is 0.253 e. The first-order valence-electron chi connectivity index (χ1n) is 9.65. The number of rotatable bonds is 5. The Morgan fingerprint density at radius 2 is 2.04 bits per heavy atom. The Hall–Kier alpha value is -2.70. The van der Waals surface area contributed by atoms with Crippen molar-refractivity contribution in [3.05, 3.63) is 65.5 Å². The van der Waals surface area contributed by atoms with Crippen molar-refractivity contribution in [2.75, 3.05) is 27.2 Å². The number of benzene rings is 2. The molecule has 1 amide bonds. The van der Waals surface area contributed by atoms with Crippen molar-refractivity contribution < 1.29 is 9.90 Å². The monoisotopic (exact) mass is 378 g/mol. The standard InChI is InChI=1S/C22H26N4O2/c1-24-13-18-6-4-3-5-16(18)11-19(24)14-25(2)22(28)17-7-8-21-20(12-17)23-15-26(21)9-10-27/h3-8,12,15,19,27H,9-11,13-14H2,1-2H3/t19-/m1/s1. The quantitative estimate of drug-likeness (QED) is 0.739. The first-order valence-corrected chi connectivity index (χ1v) is 9.65. The molecule has 0 aliphatic carbocycles. The highest BCUT2D eigenvalue weighted by atomic mass is 16.3. The Morgan fingerprint density at radius 1 is 1.25 bits per heavy atom. The molecule has 1 aliphatic heterocycles. The van der Waals surface area contributed by atoms with E-state index in [0.29, 0.717) is 24.7 Å². The van der Waals surface area contributed by atoms with Gasteiger partial charge in [-0.2, -0.15) is 0 Å². The van der Waals surface area contributed by atoms with Gasteiger partial charge in [-0.1, -0.05) is 24.3 Å². The zero-order valence-corrected chi connectivity index (χ0v) is 16.4. The maximum absolute atomic E-state index is 13.0. The van der Waals surface area contributed by atoms with E-state index in [1.54, 1.807) is 11.2 Å². The number of nitrogens with zero attached hydrogens (tertiary/aromatic N) is 4. The lowest BCUT2D eigenvalue weighted by molar-refractivity contribution is 0.0733. The number of carbonyl (C=O) groups is 1. The summed E-state index contributed by atoms with van der Waals surface area (Å²) < 4.78 is 1.89. The van der Waals surface area contributed by atoms with Gasteiger partial charge >= 0.3 is 0 Å². The largest absolute Gasteiger partial charge is 0.395 e. The number of fused-ring (bicyclic) bond motifs is 2. The van der Waals surface area contributed by atoms with Gasteiger partial charge in [0.15, 0.2) is 0 Å². The molecule has 1 atom stereocenters. The highest BCUT2D eigenvalue weighted by molar-refractivity contribution is 5.97. The van der Waals surface area contributed by atoms with Crippen molar-refractivity contribution in [1.82, 2.24) is 19.4 Å². The van der Waals surface area contributed by atoms with Crippen molar-refractivity contribution in [1.29, 1.82) is 0 Å². The number of aliphatic hydroxyl groups is 1. The van der Waals surface area contributed by atoms with E-state index in [-0.39, 0.29) is 12.5 Å². The minimum absolute atomic E-state index is 0.00543. The fourth-order valence-electron chi connectivity index (χ4n) is 4.02. The van der Waals surface area contributed by atoms with Gasteiger partial charge in [-0.15, -0.1) is 0 Å². The summed E-state index contributed by atoms with van der Waals surface area (Å²) in [4.78, 5) is 21.5. The molecule has 6 heteroatoms. The third-order valence-electron chi connectivity index (χ3n) is 5.66. The topological polar surface area (TPSA) is 61.6 Å². The average Bonchev–Trinajstić information content (AvgIpc) is 3.10. The molecule has 0 fully saturated rings. The van der Waals surface area contributed by atoms with Gasteiger partial charge in [0.2, 0.25) is 0 Å². The van der Waals surface area contributed by atoms with Gasteiger partial charge in [-0.05, 0) is 42.8 Å². The van der Waals surface area contributed by atoms with Gasteiger partial charge in [0.25, 0.3) is 5.91 Å². The van der Waals surface area contributed by atoms with E-state index >= 15 is 0 Å². The fraction of sp³-hybridized carbons (Fsp3) is 0.364. The predicted molar refractivity (Wildman–Crippen MR) is 109 cm³/mol. The molecule has 2 heterocycles. The molecule has 146 valence electrons. The molecule has 0 unspecified atom stereocenters. The second kappa shape index (κ2) is 7.73. The Bertz CT molecular complexity index is 997. The molecule has 0 radical (unpaired) electrons. The summed E-state index contributed by atoms with van der Waals surface area (Å²) in [5.74, 6) is 0.00543. The number of hydrogen-bond acceptors (Lipinski definition) is 4. The van der Waals surface area contributed by atoms with Gasteiger partial charge < -0.3 is 14.6 Å². The molecular formula is C22H26N4O2. The van der Waals surface area contributed by atoms with Crippen LogP contribution >= 0.6 is 0 Å². The van der Waals surface area contributed by atoms with Gasteiger partial charge in [0, 0.05) is 38.3 Å². The highest BCUT2D eigenvalue weighted by Gasteiger charge is 2.26. The van der Waals surface area contributed by atoms with E-state index in [4.69, 9.17) is 5.11 Å². The van der Waals surface area contributed by atoms with Gasteiger partial charge in [0.05, 0.1) is 24.0 Å². The number of aromatic nitrogens is 2. The van der Waals surface area contributed by atoms with Crippen LogP contribution in [0, 0.1) is 0 Å². The molecule has 0 spiro atoms. The molecular weight excluding hydrogens is 352 g/mol. The minimum Gasteiger partial charge on any atom is -0.395 e. The van der Waals surface area contributed by atoms with Gasteiger partial charge in [0.1, 0.15) is 0 Å². The Kier molecular flexibility index (Phi) is 5.15. The zero-order chi connectivity index (χ0) is 19.7. The van der Waals surface area contributed by atoms with Crippen LogP contribution in [0.25, 0.3) is 11.0 Å². The fourth-order valence-corrected chi connectivity index (χ4v) is 4.02. The normalized spacial score (nSPS) is 16.9. The van der Waals surface area contributed by atoms with E-state index in [0.717, 1.165) is 24.0 Å². The Labute approximate surface area is 165 Å². The molecule has 2 aromatic carbocycles. The second-order valence-corrected chi connectivity index (χ2v) is 7.59. The summed E-state index contributed by atoms with van der Waals surface area (Å²) >= 11 is 0. The molecule has 1 N–H and O–H groups in total. The molecule has 6 nitrogen and oxygen atoms in total. The molecule has 1 aliphatic rings. The lowest BCUT2D eigenvalue weighted by Gasteiger charge is -2.36. The first kappa shape index (κ1) is 18.7. The summed E-state index contributed by atoms with van der Waals surface area (Å²) in [7, 11) is 3.99. The van der Waals surface area contributed by atoms with Crippen molar-refractivity contribution >= 4 is 16.9 Å². The van der Waals surface area contributed by atoms with Crippen LogP contribution in [0.1, 0.15) is 21.5 Å². The van der Waals surface area contributed by atoms with Crippen LogP contribution in [0.2, 0.25) is 0 Å². The first-order chi connectivity index (χ1) is 13.6. The van der Waals surface area contributed by atoms with E-state index in [1.807, 2.05) is 29.8 Å². The van der Waals surface area contributed by atoms with Crippen molar-refractivity contribution in [3.63, 3.8) is 0 Å². The molecule has 0 saturated carbocycles. The predicted octanol–water partition coefficient (Wildman–Crippen LogP) is 2.16. The second-order valence-electron chi connectivity index (χ2n) is 7.59. The summed E-state index contributed by atoms with van der Waals surface area (Å²) in [5.41, 5.74) is 5.10. The van der Waals surface area contributed by atoms with Gasteiger partial charge in [-0.3, -0.25) is 9.69 Å². The zero-order valence-electron chi connectivity index (χ0n) is 16.4. The number of carbonyl (C=O) groups excluding carboxylic acids is 1. The number of aliphatic hydroxyl groups excluding tert-OH is 1. The molecule has 3 aromatic rings.